The first-order chi connectivity index (χ1) is 6.52. The van der Waals surface area contributed by atoms with Crippen LogP contribution in [0.5, 0.6) is 0 Å². The van der Waals surface area contributed by atoms with Gasteiger partial charge in [-0.1, -0.05) is 11.6 Å². The van der Waals surface area contributed by atoms with Crippen LogP contribution in [0.15, 0.2) is 10.5 Å². The van der Waals surface area contributed by atoms with Crippen LogP contribution in [0.3, 0.4) is 0 Å². The summed E-state index contributed by atoms with van der Waals surface area (Å²) >= 11 is 9.22. The van der Waals surface area contributed by atoms with Crippen LogP contribution >= 0.6 is 27.5 Å². The van der Waals surface area contributed by atoms with Crippen LogP contribution in [0.1, 0.15) is 15.9 Å². The summed E-state index contributed by atoms with van der Waals surface area (Å²) in [7, 11) is 1.74. The molecule has 1 aliphatic heterocycles. The average molecular weight is 276 g/mol. The van der Waals surface area contributed by atoms with Gasteiger partial charge in [-0.05, 0) is 22.0 Å². The number of nitrogens with two attached hydrogens (primary N) is 1. The van der Waals surface area contributed by atoms with Gasteiger partial charge in [0, 0.05) is 23.6 Å². The summed E-state index contributed by atoms with van der Waals surface area (Å²) < 4.78 is 0.709. The molecule has 3 nitrogen and oxygen atoms in total. The normalized spacial score (nSPS) is 14.8. The van der Waals surface area contributed by atoms with E-state index < -0.39 is 0 Å². The van der Waals surface area contributed by atoms with E-state index in [2.05, 4.69) is 15.9 Å². The summed E-state index contributed by atoms with van der Waals surface area (Å²) in [5.74, 6) is -0.0183. The minimum absolute atomic E-state index is 0.0183. The molecule has 0 fully saturated rings. The van der Waals surface area contributed by atoms with Gasteiger partial charge in [-0.15, -0.1) is 0 Å². The van der Waals surface area contributed by atoms with Gasteiger partial charge in [0.25, 0.3) is 5.91 Å². The SMILES string of the molecule is CN1Cc2c(N)c(Cl)cc(Br)c2C1=O. The van der Waals surface area contributed by atoms with Gasteiger partial charge in [0.1, 0.15) is 0 Å². The topological polar surface area (TPSA) is 46.3 Å². The van der Waals surface area contributed by atoms with E-state index in [4.69, 9.17) is 17.3 Å². The zero-order chi connectivity index (χ0) is 10.5. The molecule has 5 heteroatoms. The van der Waals surface area contributed by atoms with Crippen molar-refractivity contribution in [3.8, 4) is 0 Å². The lowest BCUT2D eigenvalue weighted by Gasteiger charge is -2.05. The molecule has 1 aromatic carbocycles. The standard InChI is InChI=1S/C9H8BrClN2O/c1-13-3-4-7(9(13)14)5(10)2-6(11)8(4)12/h2H,3,12H2,1H3. The third kappa shape index (κ3) is 1.21. The lowest BCUT2D eigenvalue weighted by atomic mass is 10.1. The summed E-state index contributed by atoms with van der Waals surface area (Å²) in [6, 6.07) is 1.66. The summed E-state index contributed by atoms with van der Waals surface area (Å²) in [5.41, 5.74) is 7.75. The maximum atomic E-state index is 11.7. The number of hydrogen-bond acceptors (Lipinski definition) is 2. The van der Waals surface area contributed by atoms with Crippen molar-refractivity contribution >= 4 is 39.1 Å². The Bertz CT molecular complexity index is 433. The number of amides is 1. The zero-order valence-corrected chi connectivity index (χ0v) is 9.82. The van der Waals surface area contributed by atoms with Crippen LogP contribution in [0.4, 0.5) is 5.69 Å². The first-order valence-corrected chi connectivity index (χ1v) is 5.21. The fourth-order valence-corrected chi connectivity index (χ4v) is 2.57. The highest BCUT2D eigenvalue weighted by molar-refractivity contribution is 9.10. The number of benzene rings is 1. The molecule has 0 bridgehead atoms. The van der Waals surface area contributed by atoms with Crippen molar-refractivity contribution < 1.29 is 4.79 Å². The number of carbonyl (C=O) groups excluding carboxylic acids is 1. The van der Waals surface area contributed by atoms with Crippen molar-refractivity contribution in [2.24, 2.45) is 0 Å². The Balaban J connectivity index is 2.73. The second-order valence-corrected chi connectivity index (χ2v) is 4.53. The molecule has 1 aromatic rings. The molecular weight excluding hydrogens is 267 g/mol. The van der Waals surface area contributed by atoms with E-state index in [9.17, 15) is 4.79 Å². The summed E-state index contributed by atoms with van der Waals surface area (Å²) in [4.78, 5) is 13.3. The fraction of sp³-hybridized carbons (Fsp3) is 0.222. The smallest absolute Gasteiger partial charge is 0.255 e. The Labute approximate surface area is 95.0 Å². The zero-order valence-electron chi connectivity index (χ0n) is 7.47. The monoisotopic (exact) mass is 274 g/mol. The molecule has 0 aromatic heterocycles. The maximum absolute atomic E-state index is 11.7. The molecule has 74 valence electrons. The first kappa shape index (κ1) is 9.80. The molecule has 0 unspecified atom stereocenters. The third-order valence-corrected chi connectivity index (χ3v) is 3.27. The number of hydrogen-bond donors (Lipinski definition) is 1. The van der Waals surface area contributed by atoms with E-state index in [0.29, 0.717) is 27.3 Å². The van der Waals surface area contributed by atoms with E-state index in [-0.39, 0.29) is 5.91 Å². The number of nitrogen functional groups attached to an aromatic ring is 1. The molecular formula is C9H8BrClN2O. The minimum Gasteiger partial charge on any atom is -0.397 e. The molecule has 2 rings (SSSR count). The Morgan fingerprint density at radius 3 is 2.93 bits per heavy atom. The summed E-state index contributed by atoms with van der Waals surface area (Å²) in [6.45, 7) is 0.527. The van der Waals surface area contributed by atoms with Crippen LogP contribution in [-0.2, 0) is 6.54 Å². The van der Waals surface area contributed by atoms with Gasteiger partial charge < -0.3 is 10.6 Å². The third-order valence-electron chi connectivity index (χ3n) is 2.33. The molecule has 1 amide bonds. The second-order valence-electron chi connectivity index (χ2n) is 3.27. The van der Waals surface area contributed by atoms with Gasteiger partial charge in [0.15, 0.2) is 0 Å². The lowest BCUT2D eigenvalue weighted by molar-refractivity contribution is 0.0816. The number of fused-ring (bicyclic) bond motifs is 1. The molecule has 0 spiro atoms. The molecule has 1 heterocycles. The van der Waals surface area contributed by atoms with E-state index in [1.165, 1.54) is 0 Å². The minimum atomic E-state index is -0.0183. The summed E-state index contributed by atoms with van der Waals surface area (Å²) in [6.07, 6.45) is 0. The predicted molar refractivity (Wildman–Crippen MR) is 59.4 cm³/mol. The number of anilines is 1. The van der Waals surface area contributed by atoms with E-state index >= 15 is 0 Å². The van der Waals surface area contributed by atoms with E-state index in [1.54, 1.807) is 18.0 Å². The van der Waals surface area contributed by atoms with Crippen molar-refractivity contribution in [3.63, 3.8) is 0 Å². The van der Waals surface area contributed by atoms with Gasteiger partial charge >= 0.3 is 0 Å². The highest BCUT2D eigenvalue weighted by Gasteiger charge is 2.29. The first-order valence-electron chi connectivity index (χ1n) is 4.04. The van der Waals surface area contributed by atoms with Gasteiger partial charge in [-0.2, -0.15) is 0 Å². The predicted octanol–water partition coefficient (Wildman–Crippen LogP) is 2.27. The molecule has 14 heavy (non-hydrogen) atoms. The van der Waals surface area contributed by atoms with Gasteiger partial charge in [0.05, 0.1) is 16.3 Å². The molecule has 2 N–H and O–H groups in total. The van der Waals surface area contributed by atoms with Crippen molar-refractivity contribution in [1.82, 2.24) is 4.90 Å². The quantitative estimate of drug-likeness (QED) is 0.738. The number of rotatable bonds is 0. The van der Waals surface area contributed by atoms with Crippen molar-refractivity contribution in [3.05, 3.63) is 26.7 Å². The van der Waals surface area contributed by atoms with Gasteiger partial charge in [-0.3, -0.25) is 4.79 Å². The van der Waals surface area contributed by atoms with Crippen LogP contribution in [0.2, 0.25) is 5.02 Å². The van der Waals surface area contributed by atoms with Crippen LogP contribution in [0, 0.1) is 0 Å². The Morgan fingerprint density at radius 1 is 1.64 bits per heavy atom. The van der Waals surface area contributed by atoms with Crippen LogP contribution in [0.25, 0.3) is 0 Å². The molecule has 0 aliphatic carbocycles. The van der Waals surface area contributed by atoms with Gasteiger partial charge in [-0.25, -0.2) is 0 Å². The van der Waals surface area contributed by atoms with Crippen molar-refractivity contribution in [2.45, 2.75) is 6.54 Å². The van der Waals surface area contributed by atoms with Crippen molar-refractivity contribution in [2.75, 3.05) is 12.8 Å². The summed E-state index contributed by atoms with van der Waals surface area (Å²) in [5, 5.41) is 0.485. The highest BCUT2D eigenvalue weighted by atomic mass is 79.9. The maximum Gasteiger partial charge on any atom is 0.255 e. The Hall–Kier alpha value is -0.740. The largest absolute Gasteiger partial charge is 0.397 e. The Morgan fingerprint density at radius 2 is 2.29 bits per heavy atom. The lowest BCUT2D eigenvalue weighted by Crippen LogP contribution is -2.17. The number of halogens is 2. The highest BCUT2D eigenvalue weighted by Crippen LogP contribution is 2.37. The Kier molecular flexibility index (Phi) is 2.20. The number of nitrogens with zero attached hydrogens (tertiary/aromatic N) is 1. The van der Waals surface area contributed by atoms with E-state index in [0.717, 1.165) is 5.56 Å². The average Bonchev–Trinajstić information content (AvgIpc) is 2.40. The number of carbonyl (C=O) groups is 1. The van der Waals surface area contributed by atoms with Crippen LogP contribution < -0.4 is 5.73 Å². The van der Waals surface area contributed by atoms with Gasteiger partial charge in [0.2, 0.25) is 0 Å². The molecule has 0 atom stereocenters. The van der Waals surface area contributed by atoms with Crippen molar-refractivity contribution in [1.29, 1.82) is 0 Å². The van der Waals surface area contributed by atoms with Crippen LogP contribution in [-0.4, -0.2) is 17.9 Å². The fourth-order valence-electron chi connectivity index (χ4n) is 1.58. The van der Waals surface area contributed by atoms with E-state index in [1.807, 2.05) is 0 Å². The second kappa shape index (κ2) is 3.14. The molecule has 0 radical (unpaired) electrons. The molecule has 1 aliphatic rings. The molecule has 0 saturated heterocycles. The molecule has 0 saturated carbocycles.